The highest BCUT2D eigenvalue weighted by Gasteiger charge is 2.06. The lowest BCUT2D eigenvalue weighted by Crippen LogP contribution is -2.23. The van der Waals surface area contributed by atoms with E-state index in [1.165, 1.54) is 5.69 Å². The highest BCUT2D eigenvalue weighted by molar-refractivity contribution is 5.88. The van der Waals surface area contributed by atoms with Crippen LogP contribution in [-0.4, -0.2) is 26.4 Å². The molecule has 0 fully saturated rings. The van der Waals surface area contributed by atoms with Gasteiger partial charge in [0.15, 0.2) is 0 Å². The zero-order valence-corrected chi connectivity index (χ0v) is 13.0. The molecule has 0 heterocycles. The molecule has 2 aromatic carbocycles. The summed E-state index contributed by atoms with van der Waals surface area (Å²) in [6.45, 7) is 6.34. The van der Waals surface area contributed by atoms with Gasteiger partial charge in [0.1, 0.15) is 0 Å². The van der Waals surface area contributed by atoms with E-state index in [4.69, 9.17) is 0 Å². The molecule has 0 saturated carbocycles. The lowest BCUT2D eigenvalue weighted by atomic mass is 10.1. The molecule has 0 bridgehead atoms. The first-order chi connectivity index (χ1) is 10.3. The second-order valence-electron chi connectivity index (χ2n) is 4.83. The largest absolute Gasteiger partial charge is 0.372 e. The molecule has 3 heteroatoms. The Bertz CT molecular complexity index is 574. The number of benzene rings is 2. The average Bonchev–Trinajstić information content (AvgIpc) is 2.55. The molecule has 0 radical (unpaired) electrons. The van der Waals surface area contributed by atoms with Crippen LogP contribution in [0.15, 0.2) is 59.7 Å². The Morgan fingerprint density at radius 3 is 2.19 bits per heavy atom. The van der Waals surface area contributed by atoms with E-state index in [1.807, 2.05) is 48.6 Å². The third-order valence-corrected chi connectivity index (χ3v) is 3.54. The Morgan fingerprint density at radius 2 is 1.52 bits per heavy atom. The number of para-hydroxylation sites is 2. The monoisotopic (exact) mass is 281 g/mol. The maximum absolute atomic E-state index is 4.56. The Labute approximate surface area is 127 Å². The van der Waals surface area contributed by atoms with Crippen LogP contribution in [0.3, 0.4) is 0 Å². The van der Waals surface area contributed by atoms with E-state index < -0.39 is 0 Å². The first kappa shape index (κ1) is 15.1. The van der Waals surface area contributed by atoms with Gasteiger partial charge in [0.2, 0.25) is 0 Å². The summed E-state index contributed by atoms with van der Waals surface area (Å²) in [6.07, 6.45) is 1.93. The Hall–Kier alpha value is -2.29. The molecule has 110 valence electrons. The number of hydrogen-bond acceptors (Lipinski definition) is 3. The minimum atomic E-state index is 0.996. The van der Waals surface area contributed by atoms with Gasteiger partial charge in [-0.05, 0) is 32.0 Å². The summed E-state index contributed by atoms with van der Waals surface area (Å²) < 4.78 is 0. The van der Waals surface area contributed by atoms with Crippen LogP contribution in [0.4, 0.5) is 11.4 Å². The van der Waals surface area contributed by atoms with E-state index in [-0.39, 0.29) is 0 Å². The average molecular weight is 281 g/mol. The topological polar surface area (TPSA) is 18.8 Å². The highest BCUT2D eigenvalue weighted by atomic mass is 15.4. The summed E-state index contributed by atoms with van der Waals surface area (Å²) in [5.74, 6) is 0. The third kappa shape index (κ3) is 3.85. The molecule has 0 N–H and O–H groups in total. The van der Waals surface area contributed by atoms with Gasteiger partial charge in [-0.1, -0.05) is 36.4 Å². The molecular formula is C18H23N3. The van der Waals surface area contributed by atoms with E-state index >= 15 is 0 Å². The summed E-state index contributed by atoms with van der Waals surface area (Å²) in [5, 5.41) is 6.45. The molecule has 0 aliphatic heterocycles. The van der Waals surface area contributed by atoms with Gasteiger partial charge < -0.3 is 4.90 Å². The Balaban J connectivity index is 2.21. The molecule has 0 aliphatic rings. The van der Waals surface area contributed by atoms with Crippen molar-refractivity contribution in [2.45, 2.75) is 13.8 Å². The first-order valence-corrected chi connectivity index (χ1v) is 7.43. The molecule has 2 rings (SSSR count). The number of anilines is 2. The van der Waals surface area contributed by atoms with Crippen molar-refractivity contribution in [3.63, 3.8) is 0 Å². The van der Waals surface area contributed by atoms with Crippen molar-refractivity contribution >= 4 is 17.6 Å². The highest BCUT2D eigenvalue weighted by Crippen LogP contribution is 2.19. The van der Waals surface area contributed by atoms with Crippen LogP contribution in [0, 0.1) is 0 Å². The zero-order valence-electron chi connectivity index (χ0n) is 13.0. The maximum atomic E-state index is 4.56. The third-order valence-electron chi connectivity index (χ3n) is 3.54. The van der Waals surface area contributed by atoms with Gasteiger partial charge in [0.25, 0.3) is 0 Å². The van der Waals surface area contributed by atoms with Gasteiger partial charge in [-0.25, -0.2) is 0 Å². The number of nitrogens with zero attached hydrogens (tertiary/aromatic N) is 3. The van der Waals surface area contributed by atoms with Crippen molar-refractivity contribution in [3.8, 4) is 0 Å². The lowest BCUT2D eigenvalue weighted by Gasteiger charge is -2.23. The summed E-state index contributed by atoms with van der Waals surface area (Å²) >= 11 is 0. The van der Waals surface area contributed by atoms with Crippen LogP contribution in [0.1, 0.15) is 19.4 Å². The predicted octanol–water partition coefficient (Wildman–Crippen LogP) is 4.00. The van der Waals surface area contributed by atoms with E-state index in [1.54, 1.807) is 0 Å². The summed E-state index contributed by atoms with van der Waals surface area (Å²) in [5.41, 5.74) is 3.45. The summed E-state index contributed by atoms with van der Waals surface area (Å²) in [7, 11) is 1.96. The lowest BCUT2D eigenvalue weighted by molar-refractivity contribution is 0.865. The fourth-order valence-corrected chi connectivity index (χ4v) is 2.31. The zero-order chi connectivity index (χ0) is 15.1. The van der Waals surface area contributed by atoms with E-state index in [0.29, 0.717) is 0 Å². The van der Waals surface area contributed by atoms with E-state index in [9.17, 15) is 0 Å². The number of hydrazone groups is 1. The SMILES string of the molecule is CCN(CC)c1ccccc1C=NN(C)c1ccccc1. The second-order valence-corrected chi connectivity index (χ2v) is 4.83. The van der Waals surface area contributed by atoms with Crippen LogP contribution in [0.5, 0.6) is 0 Å². The maximum Gasteiger partial charge on any atom is 0.0590 e. The summed E-state index contributed by atoms with van der Waals surface area (Å²) in [4.78, 5) is 2.34. The molecule has 0 saturated heterocycles. The molecular weight excluding hydrogens is 258 g/mol. The molecule has 3 nitrogen and oxygen atoms in total. The fourth-order valence-electron chi connectivity index (χ4n) is 2.31. The van der Waals surface area contributed by atoms with Crippen LogP contribution in [-0.2, 0) is 0 Å². The van der Waals surface area contributed by atoms with Crippen LogP contribution < -0.4 is 9.91 Å². The van der Waals surface area contributed by atoms with E-state index in [2.05, 4.69) is 48.1 Å². The predicted molar refractivity (Wildman–Crippen MR) is 92.4 cm³/mol. The molecule has 0 unspecified atom stereocenters. The van der Waals surface area contributed by atoms with Crippen molar-refractivity contribution in [2.75, 3.05) is 30.0 Å². The standard InChI is InChI=1S/C18H23N3/c1-4-21(5-2)18-14-10-9-11-16(18)15-19-20(3)17-12-7-6-8-13-17/h6-15H,4-5H2,1-3H3. The van der Waals surface area contributed by atoms with Crippen molar-refractivity contribution in [1.82, 2.24) is 0 Å². The molecule has 0 atom stereocenters. The van der Waals surface area contributed by atoms with Gasteiger partial charge >= 0.3 is 0 Å². The van der Waals surface area contributed by atoms with Crippen molar-refractivity contribution in [1.29, 1.82) is 0 Å². The molecule has 0 amide bonds. The summed E-state index contributed by atoms with van der Waals surface area (Å²) in [6, 6.07) is 18.5. The molecule has 0 spiro atoms. The van der Waals surface area contributed by atoms with Crippen LogP contribution in [0.2, 0.25) is 0 Å². The van der Waals surface area contributed by atoms with Gasteiger partial charge in [-0.2, -0.15) is 5.10 Å². The van der Waals surface area contributed by atoms with Gasteiger partial charge in [-0.15, -0.1) is 0 Å². The molecule has 21 heavy (non-hydrogen) atoms. The van der Waals surface area contributed by atoms with Crippen molar-refractivity contribution < 1.29 is 0 Å². The van der Waals surface area contributed by atoms with Crippen molar-refractivity contribution in [2.24, 2.45) is 5.10 Å². The Kier molecular flexibility index (Phi) is 5.38. The van der Waals surface area contributed by atoms with Gasteiger partial charge in [-0.3, -0.25) is 5.01 Å². The smallest absolute Gasteiger partial charge is 0.0590 e. The molecule has 0 aliphatic carbocycles. The molecule has 0 aromatic heterocycles. The van der Waals surface area contributed by atoms with Crippen LogP contribution in [0.25, 0.3) is 0 Å². The normalized spacial score (nSPS) is 10.8. The van der Waals surface area contributed by atoms with Gasteiger partial charge in [0.05, 0.1) is 11.9 Å². The van der Waals surface area contributed by atoms with Crippen LogP contribution >= 0.6 is 0 Å². The first-order valence-electron chi connectivity index (χ1n) is 7.43. The minimum Gasteiger partial charge on any atom is -0.372 e. The van der Waals surface area contributed by atoms with Gasteiger partial charge in [0, 0.05) is 31.4 Å². The number of hydrogen-bond donors (Lipinski definition) is 0. The number of rotatable bonds is 6. The minimum absolute atomic E-state index is 0.996. The Morgan fingerprint density at radius 1 is 0.905 bits per heavy atom. The fraction of sp³-hybridized carbons (Fsp3) is 0.278. The second kappa shape index (κ2) is 7.48. The van der Waals surface area contributed by atoms with Crippen molar-refractivity contribution in [3.05, 3.63) is 60.2 Å². The quantitative estimate of drug-likeness (QED) is 0.588. The molecule has 2 aromatic rings. The van der Waals surface area contributed by atoms with E-state index in [0.717, 1.165) is 24.3 Å².